The van der Waals surface area contributed by atoms with E-state index in [9.17, 15) is 0 Å². The zero-order valence-electron chi connectivity index (χ0n) is 19.2. The summed E-state index contributed by atoms with van der Waals surface area (Å²) in [5, 5.41) is 0. The van der Waals surface area contributed by atoms with E-state index in [4.69, 9.17) is 4.74 Å². The maximum atomic E-state index is 16.2. The van der Waals surface area contributed by atoms with E-state index in [1.807, 2.05) is 59.7 Å². The topological polar surface area (TPSA) is 17.2 Å². The third-order valence-electron chi connectivity index (χ3n) is 6.89. The van der Waals surface area contributed by atoms with Crippen LogP contribution >= 0.6 is 15.9 Å². The van der Waals surface area contributed by atoms with Gasteiger partial charge in [0.2, 0.25) is 0 Å². The highest BCUT2D eigenvalue weighted by Crippen LogP contribution is 2.47. The summed E-state index contributed by atoms with van der Waals surface area (Å²) in [7, 11) is 1.62. The van der Waals surface area contributed by atoms with Gasteiger partial charge in [-0.1, -0.05) is 29.8 Å². The lowest BCUT2D eigenvalue weighted by molar-refractivity contribution is -0.363. The van der Waals surface area contributed by atoms with Gasteiger partial charge < -0.3 is 22.3 Å². The predicted octanol–water partition coefficient (Wildman–Crippen LogP) is 6.65. The third kappa shape index (κ3) is 2.92. The first-order chi connectivity index (χ1) is 14.6. The molecule has 0 aliphatic carbocycles. The summed E-state index contributed by atoms with van der Waals surface area (Å²) < 4.78 is 41.4. The third-order valence-corrected chi connectivity index (χ3v) is 7.35. The van der Waals surface area contributed by atoms with Crippen LogP contribution in [0.5, 0.6) is 5.75 Å². The van der Waals surface area contributed by atoms with Gasteiger partial charge in [0.25, 0.3) is 0 Å². The van der Waals surface area contributed by atoms with E-state index in [0.717, 1.165) is 37.9 Å². The number of nitrogens with zero attached hydrogens (tertiary/aromatic N) is 2. The molecule has 0 bridgehead atoms. The Kier molecular flexibility index (Phi) is 5.32. The maximum Gasteiger partial charge on any atom is 0.737 e. The molecule has 0 fully saturated rings. The van der Waals surface area contributed by atoms with Gasteiger partial charge in [0.15, 0.2) is 5.70 Å². The molecule has 0 atom stereocenters. The molecule has 0 unspecified atom stereocenters. The van der Waals surface area contributed by atoms with E-state index in [1.165, 1.54) is 8.96 Å². The average molecular weight is 489 g/mol. The number of ether oxygens (including phenoxy) is 1. The van der Waals surface area contributed by atoms with E-state index >= 15 is 8.63 Å². The highest BCUT2D eigenvalue weighted by Gasteiger charge is 2.56. The molecule has 2 aromatic rings. The number of methoxy groups -OCH3 is 1. The fourth-order valence-electron chi connectivity index (χ4n) is 5.58. The molecule has 0 saturated carbocycles. The first kappa shape index (κ1) is 22.1. The van der Waals surface area contributed by atoms with Crippen LogP contribution in [0.15, 0.2) is 39.5 Å². The summed E-state index contributed by atoms with van der Waals surface area (Å²) in [5.74, 6) is 0.686. The van der Waals surface area contributed by atoms with Crippen molar-refractivity contribution in [2.75, 3.05) is 7.11 Å². The molecule has 2 aliphatic rings. The van der Waals surface area contributed by atoms with Crippen LogP contribution < -0.4 is 4.74 Å². The Bertz CT molecular complexity index is 1220. The smallest absolute Gasteiger partial charge is 0.497 e. The van der Waals surface area contributed by atoms with Crippen molar-refractivity contribution in [1.29, 1.82) is 0 Å². The summed E-state index contributed by atoms with van der Waals surface area (Å²) in [6.45, 7) is 7.63. The van der Waals surface area contributed by atoms with Crippen molar-refractivity contribution >= 4 is 34.2 Å². The number of fused-ring (bicyclic) bond motifs is 2. The molecule has 164 valence electrons. The molecule has 4 rings (SSSR count). The SMILES string of the molecule is CCC1=C(C)C2=C(c3cc(Br)cc(OC)c3)c3c(C)c(CC)c(C)n3[B-](F)(F)[N+]2=C1C. The van der Waals surface area contributed by atoms with Crippen LogP contribution in [0.3, 0.4) is 0 Å². The summed E-state index contributed by atoms with van der Waals surface area (Å²) in [6, 6.07) is 5.81. The highest BCUT2D eigenvalue weighted by molar-refractivity contribution is 9.10. The molecule has 0 N–H and O–H groups in total. The summed E-state index contributed by atoms with van der Waals surface area (Å²) in [4.78, 5) is 0. The molecule has 1 aromatic heterocycles. The predicted molar refractivity (Wildman–Crippen MR) is 127 cm³/mol. The van der Waals surface area contributed by atoms with Gasteiger partial charge in [0.05, 0.1) is 12.7 Å². The van der Waals surface area contributed by atoms with Crippen molar-refractivity contribution in [2.45, 2.75) is 54.4 Å². The van der Waals surface area contributed by atoms with Crippen LogP contribution in [-0.4, -0.2) is 28.8 Å². The monoisotopic (exact) mass is 488 g/mol. The Balaban J connectivity index is 2.23. The number of benzene rings is 1. The molecular formula is C24H28BBrF2N2O. The normalized spacial score (nSPS) is 17.5. The molecule has 0 radical (unpaired) electrons. The van der Waals surface area contributed by atoms with Gasteiger partial charge in [-0.15, -0.1) is 0 Å². The molecule has 3 nitrogen and oxygen atoms in total. The fourth-order valence-corrected chi connectivity index (χ4v) is 6.05. The van der Waals surface area contributed by atoms with Gasteiger partial charge in [-0.25, -0.2) is 0 Å². The number of hydrogen-bond donors (Lipinski definition) is 0. The van der Waals surface area contributed by atoms with Crippen molar-refractivity contribution < 1.29 is 17.9 Å². The van der Waals surface area contributed by atoms with Crippen molar-refractivity contribution in [3.63, 3.8) is 0 Å². The number of hydrogen-bond acceptors (Lipinski definition) is 1. The second-order valence-electron chi connectivity index (χ2n) is 8.37. The maximum absolute atomic E-state index is 16.2. The Morgan fingerprint density at radius 2 is 1.74 bits per heavy atom. The van der Waals surface area contributed by atoms with Crippen LogP contribution in [0.1, 0.15) is 62.2 Å². The minimum absolute atomic E-state index is 0.621. The molecule has 1 aromatic carbocycles. The Hall–Kier alpha value is -2.15. The van der Waals surface area contributed by atoms with Gasteiger partial charge in [0.1, 0.15) is 11.5 Å². The van der Waals surface area contributed by atoms with Crippen molar-refractivity contribution in [1.82, 2.24) is 4.48 Å². The number of aromatic nitrogens is 1. The van der Waals surface area contributed by atoms with E-state index in [1.54, 1.807) is 7.11 Å². The number of halogens is 3. The second kappa shape index (κ2) is 7.47. The van der Waals surface area contributed by atoms with Crippen molar-refractivity contribution in [3.8, 4) is 5.75 Å². The zero-order valence-corrected chi connectivity index (χ0v) is 20.7. The van der Waals surface area contributed by atoms with Crippen molar-refractivity contribution in [2.24, 2.45) is 0 Å². The van der Waals surface area contributed by atoms with E-state index < -0.39 is 6.97 Å². The summed E-state index contributed by atoms with van der Waals surface area (Å²) in [5.41, 5.74) is 8.09. The zero-order chi connectivity index (χ0) is 22.8. The second-order valence-corrected chi connectivity index (χ2v) is 9.28. The average Bonchev–Trinajstić information content (AvgIpc) is 3.12. The molecule has 0 saturated heterocycles. The minimum atomic E-state index is -4.01. The standard InChI is InChI=1S/C24H28BBrF2N2O/c1-8-20-13(3)23-22(17-10-18(26)12-19(11-17)31-7)24-14(4)21(9-2)16(6)30(24)25(27,28)29(23)15(20)5/h10-12H,8-9H2,1-7H3. The van der Waals surface area contributed by atoms with Gasteiger partial charge in [-0.2, -0.15) is 0 Å². The molecule has 2 aliphatic heterocycles. The molecule has 3 heterocycles. The lowest BCUT2D eigenvalue weighted by Gasteiger charge is -2.34. The number of allylic oxidation sites excluding steroid dienone is 2. The molecule has 31 heavy (non-hydrogen) atoms. The van der Waals surface area contributed by atoms with E-state index in [0.29, 0.717) is 41.4 Å². The van der Waals surface area contributed by atoms with Crippen LogP contribution in [0.4, 0.5) is 8.63 Å². The summed E-state index contributed by atoms with van der Waals surface area (Å²) in [6.07, 6.45) is 1.43. The Labute approximate surface area is 191 Å². The quantitative estimate of drug-likeness (QED) is 0.440. The van der Waals surface area contributed by atoms with E-state index in [2.05, 4.69) is 15.9 Å². The lowest BCUT2D eigenvalue weighted by Crippen LogP contribution is -2.51. The number of rotatable bonds is 4. The van der Waals surface area contributed by atoms with Crippen LogP contribution in [0.2, 0.25) is 0 Å². The van der Waals surface area contributed by atoms with Crippen molar-refractivity contribution in [3.05, 3.63) is 67.6 Å². The molecular weight excluding hydrogens is 461 g/mol. The van der Waals surface area contributed by atoms with Crippen LogP contribution in [0, 0.1) is 13.8 Å². The van der Waals surface area contributed by atoms with Gasteiger partial charge in [0, 0.05) is 28.2 Å². The first-order valence-corrected chi connectivity index (χ1v) is 11.5. The molecule has 0 spiro atoms. The largest absolute Gasteiger partial charge is 0.737 e. The molecule has 0 amide bonds. The highest BCUT2D eigenvalue weighted by atomic mass is 79.9. The van der Waals surface area contributed by atoms with Crippen LogP contribution in [-0.2, 0) is 6.42 Å². The lowest BCUT2D eigenvalue weighted by atomic mass is 9.83. The van der Waals surface area contributed by atoms with Gasteiger partial charge in [-0.05, 0) is 74.2 Å². The first-order valence-electron chi connectivity index (χ1n) is 10.8. The Morgan fingerprint density at radius 1 is 1.06 bits per heavy atom. The van der Waals surface area contributed by atoms with Crippen LogP contribution in [0.25, 0.3) is 5.57 Å². The van der Waals surface area contributed by atoms with Gasteiger partial charge >= 0.3 is 6.97 Å². The fraction of sp³-hybridized carbons (Fsp3) is 0.375. The summed E-state index contributed by atoms with van der Waals surface area (Å²) >= 11 is 3.58. The Morgan fingerprint density at radius 3 is 2.32 bits per heavy atom. The molecule has 7 heteroatoms. The minimum Gasteiger partial charge on any atom is -0.497 e. The van der Waals surface area contributed by atoms with Gasteiger partial charge in [-0.3, -0.25) is 0 Å². The van der Waals surface area contributed by atoms with E-state index in [-0.39, 0.29) is 0 Å².